The first kappa shape index (κ1) is 4.67. The minimum atomic E-state index is -0.310. The molecule has 2 N–H and O–H groups in total. The third-order valence-corrected chi connectivity index (χ3v) is 1.54. The number of nitrogens with two attached hydrogens (primary N) is 1. The fraction of sp³-hybridized carbons (Fsp3) is 0.375. The van der Waals surface area contributed by atoms with Gasteiger partial charge in [0, 0.05) is 6.17 Å². The Morgan fingerprint density at radius 1 is 1.75 bits per heavy atom. The van der Waals surface area contributed by atoms with Crippen molar-refractivity contribution in [3.8, 4) is 5.75 Å². The van der Waals surface area contributed by atoms with Gasteiger partial charge in [-0.15, -0.1) is 0 Å². The number of ether oxygens (including phenoxy) is 2. The van der Waals surface area contributed by atoms with Gasteiger partial charge in [0.05, 0.1) is 29.2 Å². The van der Waals surface area contributed by atoms with Gasteiger partial charge in [0.15, 0.2) is 5.75 Å². The molecule has 0 unspecified atom stereocenters. The smallest absolute Gasteiger partial charge is 0.161 e. The molecule has 64 valence electrons. The van der Waals surface area contributed by atoms with E-state index in [0.29, 0.717) is 13.2 Å². The van der Waals surface area contributed by atoms with Crippen LogP contribution in [0.1, 0.15) is 4.11 Å². The molecule has 1 aromatic heterocycles. The second-order valence-electron chi connectivity index (χ2n) is 2.48. The van der Waals surface area contributed by atoms with Crippen LogP contribution >= 0.6 is 0 Å². The van der Waals surface area contributed by atoms with Gasteiger partial charge in [0.25, 0.3) is 0 Å². The molecule has 0 aromatic carbocycles. The maximum atomic E-state index is 7.48. The molecule has 1 aromatic rings. The Hall–Kier alpha value is -1.29. The lowest BCUT2D eigenvalue weighted by Gasteiger charge is -2.26. The number of aromatic nitrogens is 1. The van der Waals surface area contributed by atoms with E-state index in [1.807, 2.05) is 0 Å². The van der Waals surface area contributed by atoms with Crippen LogP contribution in [0.3, 0.4) is 0 Å². The van der Waals surface area contributed by atoms with Crippen molar-refractivity contribution in [3.05, 3.63) is 18.4 Å². The fourth-order valence-corrected chi connectivity index (χ4v) is 0.823. The van der Waals surface area contributed by atoms with Crippen molar-refractivity contribution in [2.45, 2.75) is 6.10 Å². The predicted octanol–water partition coefficient (Wildman–Crippen LogP) is 0.441. The van der Waals surface area contributed by atoms with Crippen LogP contribution < -0.4 is 10.5 Å². The molecule has 0 bridgehead atoms. The molecule has 1 aliphatic heterocycles. The number of pyridine rings is 1. The summed E-state index contributed by atoms with van der Waals surface area (Å²) >= 11 is 0. The van der Waals surface area contributed by atoms with Crippen LogP contribution in [0.4, 0.5) is 5.69 Å². The lowest BCUT2D eigenvalue weighted by Crippen LogP contribution is -2.38. The van der Waals surface area contributed by atoms with Gasteiger partial charge in [0.1, 0.15) is 6.10 Å². The topological polar surface area (TPSA) is 57.4 Å². The molecule has 4 heteroatoms. The molecule has 4 nitrogen and oxygen atoms in total. The summed E-state index contributed by atoms with van der Waals surface area (Å²) in [5, 5.41) is 0. The molecule has 1 fully saturated rings. The normalized spacial score (nSPS) is 20.5. The molecule has 0 spiro atoms. The Labute approximate surface area is 74.5 Å². The Balaban J connectivity index is 2.32. The second kappa shape index (κ2) is 2.98. The molecule has 1 saturated heterocycles. The number of hydrogen-bond acceptors (Lipinski definition) is 4. The van der Waals surface area contributed by atoms with Crippen LogP contribution in [-0.4, -0.2) is 24.3 Å². The van der Waals surface area contributed by atoms with Crippen molar-refractivity contribution >= 4 is 5.69 Å². The summed E-state index contributed by atoms with van der Waals surface area (Å²) < 4.78 is 32.4. The van der Waals surface area contributed by atoms with E-state index in [1.165, 1.54) is 0 Å². The van der Waals surface area contributed by atoms with Crippen molar-refractivity contribution in [1.29, 1.82) is 0 Å². The van der Waals surface area contributed by atoms with Crippen molar-refractivity contribution in [2.75, 3.05) is 18.9 Å². The van der Waals surface area contributed by atoms with E-state index in [2.05, 4.69) is 4.98 Å². The summed E-state index contributed by atoms with van der Waals surface area (Å²) in [4.78, 5) is 3.55. The van der Waals surface area contributed by atoms with Crippen LogP contribution in [0.5, 0.6) is 5.75 Å². The largest absolute Gasteiger partial charge is 0.482 e. The quantitative estimate of drug-likeness (QED) is 0.698. The third-order valence-electron chi connectivity index (χ3n) is 1.54. The lowest BCUT2D eigenvalue weighted by molar-refractivity contribution is -0.0795. The number of nitrogens with zero attached hydrogens (tertiary/aromatic N) is 1. The maximum absolute atomic E-state index is 7.48. The van der Waals surface area contributed by atoms with Gasteiger partial charge < -0.3 is 15.2 Å². The highest BCUT2D eigenvalue weighted by atomic mass is 16.6. The van der Waals surface area contributed by atoms with Crippen molar-refractivity contribution < 1.29 is 13.6 Å². The molecule has 2 heterocycles. The summed E-state index contributed by atoms with van der Waals surface area (Å²) in [7, 11) is 0. The molecule has 1 aliphatic rings. The lowest BCUT2D eigenvalue weighted by atomic mass is 10.3. The van der Waals surface area contributed by atoms with Crippen LogP contribution in [-0.2, 0) is 4.74 Å². The average Bonchev–Trinajstić information content (AvgIpc) is 2.11. The molecular formula is C8H10N2O2. The van der Waals surface area contributed by atoms with Gasteiger partial charge in [-0.1, -0.05) is 0 Å². The van der Waals surface area contributed by atoms with Crippen LogP contribution in [0, 0.1) is 0 Å². The Morgan fingerprint density at radius 3 is 3.25 bits per heavy atom. The first-order valence-electron chi connectivity index (χ1n) is 5.07. The zero-order valence-corrected chi connectivity index (χ0v) is 6.33. The molecule has 0 aliphatic carbocycles. The summed E-state index contributed by atoms with van der Waals surface area (Å²) in [6.07, 6.45) is -0.649. The number of hydrogen-bond donors (Lipinski definition) is 1. The van der Waals surface area contributed by atoms with E-state index < -0.39 is 0 Å². The van der Waals surface area contributed by atoms with Gasteiger partial charge in [-0.05, 0) is 6.04 Å². The highest BCUT2D eigenvalue weighted by Crippen LogP contribution is 2.21. The number of nitrogen functional groups attached to an aromatic ring is 1. The molecule has 2 rings (SSSR count). The van der Waals surface area contributed by atoms with Gasteiger partial charge in [-0.2, -0.15) is 0 Å². The van der Waals surface area contributed by atoms with Gasteiger partial charge in [-0.3, -0.25) is 4.98 Å². The van der Waals surface area contributed by atoms with E-state index in [-0.39, 0.29) is 35.9 Å². The third kappa shape index (κ3) is 1.33. The zero-order valence-electron chi connectivity index (χ0n) is 9.33. The summed E-state index contributed by atoms with van der Waals surface area (Å²) in [6, 6.07) is -0.207. The van der Waals surface area contributed by atoms with Crippen LogP contribution in [0.2, 0.25) is 0 Å². The van der Waals surface area contributed by atoms with Crippen molar-refractivity contribution in [2.24, 2.45) is 0 Å². The molecule has 0 saturated carbocycles. The van der Waals surface area contributed by atoms with Crippen molar-refractivity contribution in [3.63, 3.8) is 0 Å². The van der Waals surface area contributed by atoms with Crippen LogP contribution in [0.25, 0.3) is 0 Å². The monoisotopic (exact) mass is 169 g/mol. The van der Waals surface area contributed by atoms with Gasteiger partial charge >= 0.3 is 0 Å². The number of rotatable bonds is 2. The van der Waals surface area contributed by atoms with Crippen LogP contribution in [0.15, 0.2) is 18.4 Å². The summed E-state index contributed by atoms with van der Waals surface area (Å²) in [5.74, 6) is 0.0734. The molecule has 0 atom stereocenters. The number of anilines is 1. The molecule has 12 heavy (non-hydrogen) atoms. The maximum Gasteiger partial charge on any atom is 0.161 e. The van der Waals surface area contributed by atoms with E-state index in [1.54, 1.807) is 0 Å². The molecule has 0 amide bonds. The van der Waals surface area contributed by atoms with E-state index in [4.69, 9.17) is 19.3 Å². The Bertz CT molecular complexity index is 396. The fourth-order valence-electron chi connectivity index (χ4n) is 0.823. The Kier molecular flexibility index (Phi) is 1.16. The summed E-state index contributed by atoms with van der Waals surface area (Å²) in [5.41, 5.74) is 5.57. The average molecular weight is 169 g/mol. The van der Waals surface area contributed by atoms with E-state index in [0.717, 1.165) is 0 Å². The van der Waals surface area contributed by atoms with E-state index >= 15 is 0 Å². The highest BCUT2D eigenvalue weighted by molar-refractivity contribution is 5.49. The minimum Gasteiger partial charge on any atom is -0.482 e. The van der Waals surface area contributed by atoms with Gasteiger partial charge in [-0.25, -0.2) is 0 Å². The molecule has 0 radical (unpaired) electrons. The van der Waals surface area contributed by atoms with Crippen molar-refractivity contribution in [1.82, 2.24) is 4.98 Å². The predicted molar refractivity (Wildman–Crippen MR) is 43.9 cm³/mol. The van der Waals surface area contributed by atoms with E-state index in [9.17, 15) is 0 Å². The second-order valence-corrected chi connectivity index (χ2v) is 2.48. The first-order chi connectivity index (χ1) is 7.09. The SMILES string of the molecule is [2H]c1nc([2H])c(OC2COC2)c(N)c1[2H]. The molecular weight excluding hydrogens is 156 g/mol. The first-order valence-corrected chi connectivity index (χ1v) is 3.57. The highest BCUT2D eigenvalue weighted by Gasteiger charge is 2.20. The summed E-state index contributed by atoms with van der Waals surface area (Å²) in [6.45, 7) is 0.906. The Morgan fingerprint density at radius 2 is 2.58 bits per heavy atom. The minimum absolute atomic E-state index is 0.00750. The zero-order chi connectivity index (χ0) is 11.0. The van der Waals surface area contributed by atoms with Gasteiger partial charge in [0.2, 0.25) is 0 Å². The standard InChI is InChI=1S/C8H10N2O2/c9-7-1-2-10-3-8(7)12-6-4-11-5-6/h1-3,6H,4-5H2,(H2,9,10)/i1D,2D,3D.